The Morgan fingerprint density at radius 3 is 2.09 bits per heavy atom. The van der Waals surface area contributed by atoms with Gasteiger partial charge in [0.05, 0.1) is 0 Å². The van der Waals surface area contributed by atoms with E-state index in [2.05, 4.69) is 35.4 Å². The van der Waals surface area contributed by atoms with Gasteiger partial charge < -0.3 is 0 Å². The molecule has 1 aromatic carbocycles. The maximum atomic E-state index is 4.43. The zero-order chi connectivity index (χ0) is 7.90. The summed E-state index contributed by atoms with van der Waals surface area (Å²) in [6, 6.07) is 8.14. The molecule has 11 heavy (non-hydrogen) atoms. The minimum absolute atomic E-state index is 0.177. The van der Waals surface area contributed by atoms with Crippen LogP contribution in [0.3, 0.4) is 0 Å². The van der Waals surface area contributed by atoms with Crippen LogP contribution in [-0.4, -0.2) is 3.59 Å². The molecule has 0 radical (unpaired) electrons. The Hall–Kier alpha value is -0.207. The number of anilines is 2. The number of rotatable bonds is 0. The summed E-state index contributed by atoms with van der Waals surface area (Å²) in [6.07, 6.45) is 0. The van der Waals surface area contributed by atoms with Gasteiger partial charge in [-0.3, -0.25) is 0 Å². The molecule has 1 aromatic rings. The summed E-state index contributed by atoms with van der Waals surface area (Å²) < 4.78 is -0.177. The second-order valence-corrected chi connectivity index (χ2v) is 6.89. The Kier molecular flexibility index (Phi) is 1.62. The van der Waals surface area contributed by atoms with Crippen LogP contribution in [0.15, 0.2) is 24.3 Å². The molecule has 0 fully saturated rings. The fourth-order valence-corrected chi connectivity index (χ4v) is 2.22. The number of para-hydroxylation sites is 2. The van der Waals surface area contributed by atoms with Crippen LogP contribution in [0.25, 0.3) is 0 Å². The molecule has 0 bridgehead atoms. The zero-order valence-corrected chi connectivity index (χ0v) is 9.83. The standard InChI is InChI=1S/C7H7N2S.Zn/c10-7-8-5-3-1-2-4-6(5)9-7;/h1-4,8-10H;. The van der Waals surface area contributed by atoms with Crippen LogP contribution in [0.4, 0.5) is 11.4 Å². The van der Waals surface area contributed by atoms with E-state index in [0.29, 0.717) is 0 Å². The number of thiol groups is 1. The summed E-state index contributed by atoms with van der Waals surface area (Å²) in [5, 5.41) is 6.56. The molecule has 1 heterocycles. The Morgan fingerprint density at radius 1 is 1.18 bits per heavy atom. The first-order valence-electron chi connectivity index (χ1n) is 3.40. The molecule has 2 nitrogen and oxygen atoms in total. The van der Waals surface area contributed by atoms with Gasteiger partial charge in [0.15, 0.2) is 0 Å². The molecule has 4 heteroatoms. The van der Waals surface area contributed by atoms with E-state index in [1.54, 1.807) is 0 Å². The third-order valence-electron chi connectivity index (χ3n) is 1.61. The molecule has 0 aliphatic carbocycles. The molecule has 2 N–H and O–H groups in total. The van der Waals surface area contributed by atoms with E-state index in [1.807, 2.05) is 12.1 Å². The third-order valence-corrected chi connectivity index (χ3v) is 2.58. The molecule has 0 saturated heterocycles. The van der Waals surface area contributed by atoms with Crippen LogP contribution >= 0.6 is 12.6 Å². The average molecular weight is 217 g/mol. The van der Waals surface area contributed by atoms with Crippen molar-refractivity contribution in [1.82, 2.24) is 0 Å². The first-order chi connectivity index (χ1) is 5.17. The molecule has 0 unspecified atom stereocenters. The fourth-order valence-electron chi connectivity index (χ4n) is 1.18. The summed E-state index contributed by atoms with van der Waals surface area (Å²) in [5.41, 5.74) is 2.29. The van der Waals surface area contributed by atoms with Crippen molar-refractivity contribution in [3.05, 3.63) is 24.3 Å². The number of nitrogens with one attached hydrogen (secondary N) is 2. The summed E-state index contributed by atoms with van der Waals surface area (Å²) >= 11 is 5.49. The molecule has 0 saturated carbocycles. The summed E-state index contributed by atoms with van der Waals surface area (Å²) in [4.78, 5) is 0. The quantitative estimate of drug-likeness (QED) is 0.454. The van der Waals surface area contributed by atoms with Gasteiger partial charge in [0.25, 0.3) is 0 Å². The van der Waals surface area contributed by atoms with Gasteiger partial charge >= 0.3 is 80.8 Å². The second kappa shape index (κ2) is 2.39. The molecule has 0 amide bonds. The third kappa shape index (κ3) is 1.38. The Balaban J connectivity index is 2.41. The minimum atomic E-state index is -0.177. The molecular formula is C7H7N2SZn. The van der Waals surface area contributed by atoms with Gasteiger partial charge in [-0.15, -0.1) is 0 Å². The number of benzene rings is 1. The van der Waals surface area contributed by atoms with Crippen LogP contribution in [0, 0.1) is 0 Å². The summed E-state index contributed by atoms with van der Waals surface area (Å²) in [5.74, 6) is 0. The molecule has 0 atom stereocenters. The fraction of sp³-hybridized carbons (Fsp3) is 0.143. The van der Waals surface area contributed by atoms with Gasteiger partial charge in [-0.1, -0.05) is 0 Å². The van der Waals surface area contributed by atoms with E-state index < -0.39 is 0 Å². The van der Waals surface area contributed by atoms with Gasteiger partial charge in [0, 0.05) is 0 Å². The SMILES string of the molecule is S[C]1([Zn])Nc2ccccc2N1. The van der Waals surface area contributed by atoms with E-state index in [-0.39, 0.29) is 3.59 Å². The summed E-state index contributed by atoms with van der Waals surface area (Å²) in [6.45, 7) is 0. The van der Waals surface area contributed by atoms with Crippen LogP contribution in [0.5, 0.6) is 0 Å². The van der Waals surface area contributed by atoms with Crippen molar-refractivity contribution < 1.29 is 18.3 Å². The predicted molar refractivity (Wildman–Crippen MR) is 45.4 cm³/mol. The molecule has 0 spiro atoms. The molecule has 1 aliphatic rings. The van der Waals surface area contributed by atoms with Crippen LogP contribution in [0.2, 0.25) is 0 Å². The summed E-state index contributed by atoms with van der Waals surface area (Å²) in [7, 11) is 0. The first kappa shape index (κ1) is 7.44. The van der Waals surface area contributed by atoms with Crippen molar-refractivity contribution in [2.45, 2.75) is 3.59 Å². The Bertz CT molecular complexity index is 261. The average Bonchev–Trinajstić information content (AvgIpc) is 2.21. The van der Waals surface area contributed by atoms with Crippen molar-refractivity contribution in [3.63, 3.8) is 0 Å². The number of hydrogen-bond donors (Lipinski definition) is 3. The normalized spacial score (nSPS) is 18.5. The Labute approximate surface area is 80.8 Å². The van der Waals surface area contributed by atoms with Gasteiger partial charge in [-0.05, 0) is 0 Å². The second-order valence-electron chi connectivity index (χ2n) is 2.66. The van der Waals surface area contributed by atoms with Crippen molar-refractivity contribution in [2.75, 3.05) is 10.6 Å². The van der Waals surface area contributed by atoms with E-state index in [1.165, 1.54) is 0 Å². The van der Waals surface area contributed by atoms with E-state index in [9.17, 15) is 0 Å². The molecule has 2 rings (SSSR count). The van der Waals surface area contributed by atoms with Crippen molar-refractivity contribution in [1.29, 1.82) is 0 Å². The predicted octanol–water partition coefficient (Wildman–Crippen LogP) is 1.61. The van der Waals surface area contributed by atoms with E-state index in [0.717, 1.165) is 29.7 Å². The topological polar surface area (TPSA) is 24.1 Å². The van der Waals surface area contributed by atoms with Crippen molar-refractivity contribution in [2.24, 2.45) is 0 Å². The number of hydrogen-bond acceptors (Lipinski definition) is 3. The molecule has 53 valence electrons. The first-order valence-corrected chi connectivity index (χ1v) is 5.34. The monoisotopic (exact) mass is 215 g/mol. The van der Waals surface area contributed by atoms with Crippen molar-refractivity contribution in [3.8, 4) is 0 Å². The van der Waals surface area contributed by atoms with Gasteiger partial charge in [-0.25, -0.2) is 0 Å². The van der Waals surface area contributed by atoms with Gasteiger partial charge in [-0.2, -0.15) is 0 Å². The van der Waals surface area contributed by atoms with Gasteiger partial charge in [0.1, 0.15) is 0 Å². The number of fused-ring (bicyclic) bond motifs is 1. The molecular weight excluding hydrogens is 210 g/mol. The van der Waals surface area contributed by atoms with Crippen LogP contribution in [0.1, 0.15) is 0 Å². The Morgan fingerprint density at radius 2 is 1.64 bits per heavy atom. The van der Waals surface area contributed by atoms with Gasteiger partial charge in [0.2, 0.25) is 0 Å². The van der Waals surface area contributed by atoms with Crippen LogP contribution in [-0.2, 0) is 18.3 Å². The van der Waals surface area contributed by atoms with Crippen LogP contribution < -0.4 is 10.6 Å². The maximum absolute atomic E-state index is 4.43. The molecule has 1 aliphatic heterocycles. The van der Waals surface area contributed by atoms with E-state index >= 15 is 0 Å². The van der Waals surface area contributed by atoms with Crippen molar-refractivity contribution >= 4 is 24.0 Å². The van der Waals surface area contributed by atoms with E-state index in [4.69, 9.17) is 0 Å². The molecule has 0 aromatic heterocycles. The zero-order valence-electron chi connectivity index (χ0n) is 5.96.